The van der Waals surface area contributed by atoms with E-state index in [1.54, 1.807) is 0 Å². The number of rotatable bonds is 4. The zero-order chi connectivity index (χ0) is 13.9. The van der Waals surface area contributed by atoms with Crippen molar-refractivity contribution in [1.29, 1.82) is 0 Å². The van der Waals surface area contributed by atoms with Crippen LogP contribution in [-0.4, -0.2) is 55.4 Å². The summed E-state index contributed by atoms with van der Waals surface area (Å²) < 4.78 is 24.7. The molecule has 0 spiro atoms. The molecule has 2 fully saturated rings. The molecule has 0 unspecified atom stereocenters. The molecule has 110 valence electrons. The SMILES string of the molecule is O=C(NCCCl)N1CC(S(=O)(=O)C2CCCCC2)C1. The quantitative estimate of drug-likeness (QED) is 0.798. The third-order valence-electron chi connectivity index (χ3n) is 3.99. The highest BCUT2D eigenvalue weighted by atomic mass is 35.5. The Bertz CT molecular complexity index is 415. The first kappa shape index (κ1) is 14.9. The number of nitrogens with zero attached hydrogens (tertiary/aromatic N) is 1. The van der Waals surface area contributed by atoms with Crippen molar-refractivity contribution in [2.75, 3.05) is 25.5 Å². The maximum Gasteiger partial charge on any atom is 0.317 e. The first-order valence-electron chi connectivity index (χ1n) is 6.87. The summed E-state index contributed by atoms with van der Waals surface area (Å²) in [5.41, 5.74) is 0. The molecular weight excluding hydrogens is 288 g/mol. The molecule has 2 aliphatic rings. The zero-order valence-corrected chi connectivity index (χ0v) is 12.5. The van der Waals surface area contributed by atoms with Gasteiger partial charge in [0.15, 0.2) is 9.84 Å². The van der Waals surface area contributed by atoms with Gasteiger partial charge in [-0.3, -0.25) is 0 Å². The van der Waals surface area contributed by atoms with Crippen LogP contribution in [0.4, 0.5) is 4.79 Å². The normalized spacial score (nSPS) is 22.1. The van der Waals surface area contributed by atoms with Crippen LogP contribution < -0.4 is 5.32 Å². The summed E-state index contributed by atoms with van der Waals surface area (Å²) in [5, 5.41) is 2.10. The summed E-state index contributed by atoms with van der Waals surface area (Å²) >= 11 is 5.49. The van der Waals surface area contributed by atoms with Gasteiger partial charge in [0.25, 0.3) is 0 Å². The van der Waals surface area contributed by atoms with Gasteiger partial charge in [0.2, 0.25) is 0 Å². The lowest BCUT2D eigenvalue weighted by Crippen LogP contribution is -2.61. The number of likely N-dealkylation sites (tertiary alicyclic amines) is 1. The van der Waals surface area contributed by atoms with Gasteiger partial charge in [-0.15, -0.1) is 11.6 Å². The Labute approximate surface area is 119 Å². The lowest BCUT2D eigenvalue weighted by molar-refractivity contribution is 0.169. The highest BCUT2D eigenvalue weighted by Crippen LogP contribution is 2.29. The predicted octanol–water partition coefficient (Wildman–Crippen LogP) is 1.37. The van der Waals surface area contributed by atoms with Crippen LogP contribution >= 0.6 is 11.6 Å². The number of amides is 2. The van der Waals surface area contributed by atoms with E-state index in [1.165, 1.54) is 4.90 Å². The fourth-order valence-electron chi connectivity index (χ4n) is 2.74. The second-order valence-electron chi connectivity index (χ2n) is 5.30. The van der Waals surface area contributed by atoms with Crippen molar-refractivity contribution in [3.8, 4) is 0 Å². The average molecular weight is 309 g/mol. The van der Waals surface area contributed by atoms with Crippen molar-refractivity contribution >= 4 is 27.5 Å². The highest BCUT2D eigenvalue weighted by molar-refractivity contribution is 7.92. The Hall–Kier alpha value is -0.490. The van der Waals surface area contributed by atoms with Gasteiger partial charge in [-0.1, -0.05) is 19.3 Å². The minimum Gasteiger partial charge on any atom is -0.337 e. The smallest absolute Gasteiger partial charge is 0.317 e. The van der Waals surface area contributed by atoms with E-state index in [0.717, 1.165) is 32.1 Å². The molecule has 0 radical (unpaired) electrons. The minimum absolute atomic E-state index is 0.181. The summed E-state index contributed by atoms with van der Waals surface area (Å²) in [6, 6.07) is -0.212. The van der Waals surface area contributed by atoms with Crippen LogP contribution in [0.5, 0.6) is 0 Å². The van der Waals surface area contributed by atoms with Crippen LogP contribution in [-0.2, 0) is 9.84 Å². The molecule has 0 aromatic rings. The van der Waals surface area contributed by atoms with Gasteiger partial charge in [-0.2, -0.15) is 0 Å². The van der Waals surface area contributed by atoms with E-state index in [2.05, 4.69) is 5.32 Å². The average Bonchev–Trinajstić information content (AvgIpc) is 2.35. The van der Waals surface area contributed by atoms with Gasteiger partial charge >= 0.3 is 6.03 Å². The molecule has 2 rings (SSSR count). The first-order valence-corrected chi connectivity index (χ1v) is 9.01. The van der Waals surface area contributed by atoms with E-state index in [9.17, 15) is 13.2 Å². The van der Waals surface area contributed by atoms with E-state index in [4.69, 9.17) is 11.6 Å². The Balaban J connectivity index is 1.83. The van der Waals surface area contributed by atoms with Crippen LogP contribution in [0.25, 0.3) is 0 Å². The number of nitrogens with one attached hydrogen (secondary N) is 1. The maximum absolute atomic E-state index is 12.4. The molecule has 1 aliphatic carbocycles. The van der Waals surface area contributed by atoms with Crippen molar-refractivity contribution in [3.05, 3.63) is 0 Å². The molecular formula is C12H21ClN2O3S. The molecule has 5 nitrogen and oxygen atoms in total. The summed E-state index contributed by atoms with van der Waals surface area (Å²) in [5.74, 6) is 0.364. The number of halogens is 1. The molecule has 1 heterocycles. The number of hydrogen-bond acceptors (Lipinski definition) is 3. The zero-order valence-electron chi connectivity index (χ0n) is 11.0. The molecule has 1 aliphatic heterocycles. The Morgan fingerprint density at radius 3 is 2.37 bits per heavy atom. The summed E-state index contributed by atoms with van der Waals surface area (Å²) in [4.78, 5) is 13.1. The molecule has 0 atom stereocenters. The topological polar surface area (TPSA) is 66.5 Å². The van der Waals surface area contributed by atoms with E-state index in [1.807, 2.05) is 0 Å². The van der Waals surface area contributed by atoms with Gasteiger partial charge in [0.1, 0.15) is 0 Å². The van der Waals surface area contributed by atoms with Crippen molar-refractivity contribution in [2.45, 2.75) is 42.6 Å². The molecule has 19 heavy (non-hydrogen) atoms. The second kappa shape index (κ2) is 6.31. The minimum atomic E-state index is -3.06. The van der Waals surface area contributed by atoms with Crippen molar-refractivity contribution in [1.82, 2.24) is 10.2 Å². The maximum atomic E-state index is 12.4. The number of sulfone groups is 1. The number of carbonyl (C=O) groups excluding carboxylic acids is 1. The molecule has 0 aromatic carbocycles. The van der Waals surface area contributed by atoms with Crippen molar-refractivity contribution in [3.63, 3.8) is 0 Å². The Morgan fingerprint density at radius 1 is 1.16 bits per heavy atom. The predicted molar refractivity (Wildman–Crippen MR) is 75.3 cm³/mol. The standard InChI is InChI=1S/C12H21ClN2O3S/c13-6-7-14-12(16)15-8-11(9-15)19(17,18)10-4-2-1-3-5-10/h10-11H,1-9H2,(H,14,16). The number of alkyl halides is 1. The van der Waals surface area contributed by atoms with E-state index < -0.39 is 9.84 Å². The Morgan fingerprint density at radius 2 is 1.79 bits per heavy atom. The largest absolute Gasteiger partial charge is 0.337 e. The number of carbonyl (C=O) groups is 1. The van der Waals surface area contributed by atoms with Gasteiger partial charge in [-0.25, -0.2) is 13.2 Å². The fraction of sp³-hybridized carbons (Fsp3) is 0.917. The monoisotopic (exact) mass is 308 g/mol. The molecule has 1 saturated heterocycles. The highest BCUT2D eigenvalue weighted by Gasteiger charge is 2.43. The van der Waals surface area contributed by atoms with Crippen LogP contribution in [0, 0.1) is 0 Å². The molecule has 7 heteroatoms. The van der Waals surface area contributed by atoms with E-state index in [0.29, 0.717) is 25.5 Å². The lowest BCUT2D eigenvalue weighted by Gasteiger charge is -2.40. The third-order valence-corrected chi connectivity index (χ3v) is 6.80. The molecule has 1 N–H and O–H groups in total. The van der Waals surface area contributed by atoms with Crippen molar-refractivity contribution < 1.29 is 13.2 Å². The molecule has 1 saturated carbocycles. The first-order chi connectivity index (χ1) is 9.05. The third kappa shape index (κ3) is 3.34. The van der Waals surface area contributed by atoms with Gasteiger partial charge < -0.3 is 10.2 Å². The van der Waals surface area contributed by atoms with Crippen LogP contribution in [0.3, 0.4) is 0 Å². The lowest BCUT2D eigenvalue weighted by atomic mass is 10.0. The Kier molecular flexibility index (Phi) is 4.95. The summed E-state index contributed by atoms with van der Waals surface area (Å²) in [6.45, 7) is 1.07. The van der Waals surface area contributed by atoms with Crippen LogP contribution in [0.1, 0.15) is 32.1 Å². The summed E-state index contributed by atoms with van der Waals surface area (Å²) in [6.07, 6.45) is 4.74. The fourth-order valence-corrected chi connectivity index (χ4v) is 5.15. The summed E-state index contributed by atoms with van der Waals surface area (Å²) in [7, 11) is -3.06. The van der Waals surface area contributed by atoms with E-state index >= 15 is 0 Å². The van der Waals surface area contributed by atoms with Crippen LogP contribution in [0.2, 0.25) is 0 Å². The van der Waals surface area contributed by atoms with Gasteiger partial charge in [0, 0.05) is 25.5 Å². The molecule has 2 amide bonds. The van der Waals surface area contributed by atoms with Gasteiger partial charge in [-0.05, 0) is 12.8 Å². The van der Waals surface area contributed by atoms with Crippen LogP contribution in [0.15, 0.2) is 0 Å². The number of urea groups is 1. The molecule has 0 bridgehead atoms. The van der Waals surface area contributed by atoms with Crippen molar-refractivity contribution in [2.24, 2.45) is 0 Å². The number of hydrogen-bond donors (Lipinski definition) is 1. The van der Waals surface area contributed by atoms with E-state index in [-0.39, 0.29) is 16.5 Å². The van der Waals surface area contributed by atoms with Gasteiger partial charge in [0.05, 0.1) is 10.5 Å². The second-order valence-corrected chi connectivity index (χ2v) is 8.19. The molecule has 0 aromatic heterocycles.